The SMILES string of the molecule is COc1cc2c(cc1Cl)Cc1c([nH]c3cc(Br)ccc13)C2(C)C. The largest absolute Gasteiger partial charge is 0.495 e. The summed E-state index contributed by atoms with van der Waals surface area (Å²) in [6.45, 7) is 4.50. The number of ether oxygens (including phenoxy) is 1. The lowest BCUT2D eigenvalue weighted by molar-refractivity contribution is 0.412. The maximum atomic E-state index is 6.36. The molecule has 0 saturated carbocycles. The van der Waals surface area contributed by atoms with E-state index in [1.165, 1.54) is 33.3 Å². The number of fused-ring (bicyclic) bond motifs is 4. The third-order valence-corrected chi connectivity index (χ3v) is 5.70. The van der Waals surface area contributed by atoms with Gasteiger partial charge in [-0.1, -0.05) is 47.4 Å². The number of hydrogen-bond acceptors (Lipinski definition) is 1. The minimum atomic E-state index is -0.119. The summed E-state index contributed by atoms with van der Waals surface area (Å²) >= 11 is 9.91. The molecule has 2 nitrogen and oxygen atoms in total. The molecular formula is C19H17BrClNO. The average Bonchev–Trinajstić information content (AvgIpc) is 2.85. The smallest absolute Gasteiger partial charge is 0.137 e. The first-order chi connectivity index (χ1) is 10.9. The normalized spacial score (nSPS) is 15.3. The molecule has 1 aliphatic carbocycles. The van der Waals surface area contributed by atoms with Crippen molar-refractivity contribution in [2.45, 2.75) is 25.7 Å². The van der Waals surface area contributed by atoms with Gasteiger partial charge in [0.1, 0.15) is 5.75 Å². The van der Waals surface area contributed by atoms with Crippen molar-refractivity contribution in [3.63, 3.8) is 0 Å². The van der Waals surface area contributed by atoms with Gasteiger partial charge >= 0.3 is 0 Å². The monoisotopic (exact) mass is 389 g/mol. The molecule has 4 heteroatoms. The predicted molar refractivity (Wildman–Crippen MR) is 98.9 cm³/mol. The molecule has 1 heterocycles. The van der Waals surface area contributed by atoms with Crippen LogP contribution in [0.25, 0.3) is 10.9 Å². The second kappa shape index (κ2) is 5.02. The Balaban J connectivity index is 2.00. The number of nitrogens with one attached hydrogen (secondary N) is 1. The van der Waals surface area contributed by atoms with Crippen molar-refractivity contribution in [1.29, 1.82) is 0 Å². The topological polar surface area (TPSA) is 25.0 Å². The lowest BCUT2D eigenvalue weighted by atomic mass is 9.72. The quantitative estimate of drug-likeness (QED) is 0.556. The second-order valence-corrected chi connectivity index (χ2v) is 7.94. The second-order valence-electron chi connectivity index (χ2n) is 6.61. The zero-order valence-electron chi connectivity index (χ0n) is 13.3. The van der Waals surface area contributed by atoms with Crippen LogP contribution >= 0.6 is 27.5 Å². The molecule has 1 aromatic heterocycles. The van der Waals surface area contributed by atoms with Gasteiger partial charge in [0, 0.05) is 32.9 Å². The van der Waals surface area contributed by atoms with Gasteiger partial charge in [-0.2, -0.15) is 0 Å². The molecule has 0 saturated heterocycles. The van der Waals surface area contributed by atoms with Gasteiger partial charge in [-0.25, -0.2) is 0 Å². The number of H-pyrrole nitrogens is 1. The minimum Gasteiger partial charge on any atom is -0.495 e. The molecule has 0 atom stereocenters. The van der Waals surface area contributed by atoms with Crippen LogP contribution in [0.2, 0.25) is 5.02 Å². The first kappa shape index (κ1) is 15.1. The van der Waals surface area contributed by atoms with Crippen LogP contribution in [0.1, 0.15) is 36.2 Å². The van der Waals surface area contributed by atoms with Gasteiger partial charge in [-0.15, -0.1) is 0 Å². The Labute approximate surface area is 148 Å². The number of hydrogen-bond donors (Lipinski definition) is 1. The lowest BCUT2D eigenvalue weighted by Crippen LogP contribution is -2.27. The Morgan fingerprint density at radius 1 is 1.22 bits per heavy atom. The van der Waals surface area contributed by atoms with Crippen molar-refractivity contribution in [3.8, 4) is 5.75 Å². The maximum Gasteiger partial charge on any atom is 0.137 e. The van der Waals surface area contributed by atoms with Crippen LogP contribution in [0.3, 0.4) is 0 Å². The van der Waals surface area contributed by atoms with Crippen molar-refractivity contribution >= 4 is 38.4 Å². The zero-order valence-corrected chi connectivity index (χ0v) is 15.6. The van der Waals surface area contributed by atoms with Crippen LogP contribution in [0.5, 0.6) is 5.75 Å². The minimum absolute atomic E-state index is 0.119. The standard InChI is InChI=1S/C19H17BrClNO/c1-19(2)14-9-17(23-3)15(21)7-10(14)6-13-12-5-4-11(20)8-16(12)22-18(13)19/h4-5,7-9,22H,6H2,1-3H3. The van der Waals surface area contributed by atoms with Crippen LogP contribution < -0.4 is 4.74 Å². The van der Waals surface area contributed by atoms with E-state index < -0.39 is 0 Å². The van der Waals surface area contributed by atoms with E-state index in [4.69, 9.17) is 16.3 Å². The zero-order chi connectivity index (χ0) is 16.4. The fourth-order valence-electron chi connectivity index (χ4n) is 3.75. The van der Waals surface area contributed by atoms with E-state index in [1.54, 1.807) is 7.11 Å². The third kappa shape index (κ3) is 2.14. The molecule has 0 aliphatic heterocycles. The van der Waals surface area contributed by atoms with E-state index in [0.29, 0.717) is 5.02 Å². The third-order valence-electron chi connectivity index (χ3n) is 4.91. The summed E-state index contributed by atoms with van der Waals surface area (Å²) in [7, 11) is 1.66. The van der Waals surface area contributed by atoms with E-state index in [2.05, 4.69) is 65.1 Å². The number of benzene rings is 2. The van der Waals surface area contributed by atoms with E-state index in [9.17, 15) is 0 Å². The van der Waals surface area contributed by atoms with Gasteiger partial charge in [0.15, 0.2) is 0 Å². The van der Waals surface area contributed by atoms with Crippen molar-refractivity contribution in [3.05, 3.63) is 62.2 Å². The summed E-state index contributed by atoms with van der Waals surface area (Å²) in [5.41, 5.74) is 6.25. The van der Waals surface area contributed by atoms with Crippen LogP contribution in [0.15, 0.2) is 34.8 Å². The van der Waals surface area contributed by atoms with Gasteiger partial charge < -0.3 is 9.72 Å². The van der Waals surface area contributed by atoms with Crippen LogP contribution in [0, 0.1) is 0 Å². The van der Waals surface area contributed by atoms with E-state index in [-0.39, 0.29) is 5.41 Å². The fourth-order valence-corrected chi connectivity index (χ4v) is 4.37. The highest BCUT2D eigenvalue weighted by atomic mass is 79.9. The highest BCUT2D eigenvalue weighted by molar-refractivity contribution is 9.10. The van der Waals surface area contributed by atoms with Crippen LogP contribution in [-0.4, -0.2) is 12.1 Å². The first-order valence-electron chi connectivity index (χ1n) is 7.59. The summed E-state index contributed by atoms with van der Waals surface area (Å²) in [4.78, 5) is 3.64. The number of halogens is 2. The highest BCUT2D eigenvalue weighted by Crippen LogP contribution is 2.46. The Kier molecular flexibility index (Phi) is 3.30. The van der Waals surface area contributed by atoms with Crippen molar-refractivity contribution < 1.29 is 4.74 Å². The van der Waals surface area contributed by atoms with E-state index in [0.717, 1.165) is 16.6 Å². The molecule has 4 rings (SSSR count). The molecule has 0 bridgehead atoms. The Hall–Kier alpha value is -1.45. The average molecular weight is 391 g/mol. The van der Waals surface area contributed by atoms with Gasteiger partial charge in [-0.05, 0) is 41.0 Å². The molecule has 3 aromatic rings. The summed E-state index contributed by atoms with van der Waals surface area (Å²) in [5.74, 6) is 0.737. The molecule has 0 amide bonds. The fraction of sp³-hybridized carbons (Fsp3) is 0.263. The Morgan fingerprint density at radius 3 is 2.74 bits per heavy atom. The molecular weight excluding hydrogens is 374 g/mol. The molecule has 0 fully saturated rings. The van der Waals surface area contributed by atoms with Crippen molar-refractivity contribution in [1.82, 2.24) is 4.98 Å². The lowest BCUT2D eigenvalue weighted by Gasteiger charge is -2.33. The van der Waals surface area contributed by atoms with Crippen molar-refractivity contribution in [2.24, 2.45) is 0 Å². The Bertz CT molecular complexity index is 942. The molecule has 1 aliphatic rings. The predicted octanol–water partition coefficient (Wildman–Crippen LogP) is 5.82. The molecule has 0 radical (unpaired) electrons. The number of aromatic amines is 1. The van der Waals surface area contributed by atoms with Gasteiger partial charge in [0.2, 0.25) is 0 Å². The summed E-state index contributed by atoms with van der Waals surface area (Å²) < 4.78 is 6.51. The van der Waals surface area contributed by atoms with Gasteiger partial charge in [-0.3, -0.25) is 0 Å². The summed E-state index contributed by atoms with van der Waals surface area (Å²) in [6, 6.07) is 10.6. The molecule has 23 heavy (non-hydrogen) atoms. The number of rotatable bonds is 1. The molecule has 0 spiro atoms. The molecule has 2 aromatic carbocycles. The van der Waals surface area contributed by atoms with Gasteiger partial charge in [0.25, 0.3) is 0 Å². The summed E-state index contributed by atoms with van der Waals surface area (Å²) in [6.07, 6.45) is 0.888. The summed E-state index contributed by atoms with van der Waals surface area (Å²) in [5, 5.41) is 1.96. The van der Waals surface area contributed by atoms with E-state index >= 15 is 0 Å². The first-order valence-corrected chi connectivity index (χ1v) is 8.76. The number of aromatic nitrogens is 1. The Morgan fingerprint density at radius 2 is 2.00 bits per heavy atom. The van der Waals surface area contributed by atoms with Crippen LogP contribution in [-0.2, 0) is 11.8 Å². The van der Waals surface area contributed by atoms with Crippen molar-refractivity contribution in [2.75, 3.05) is 7.11 Å². The molecule has 1 N–H and O–H groups in total. The van der Waals surface area contributed by atoms with Crippen LogP contribution in [0.4, 0.5) is 0 Å². The maximum absolute atomic E-state index is 6.36. The van der Waals surface area contributed by atoms with Gasteiger partial charge in [0.05, 0.1) is 12.1 Å². The molecule has 0 unspecified atom stereocenters. The highest BCUT2D eigenvalue weighted by Gasteiger charge is 2.35. The molecule has 118 valence electrons. The van der Waals surface area contributed by atoms with E-state index in [1.807, 2.05) is 0 Å². The number of methoxy groups -OCH3 is 1.